The van der Waals surface area contributed by atoms with Gasteiger partial charge in [0.05, 0.1) is 0 Å². The Kier molecular flexibility index (Phi) is 5.97. The molecule has 1 aliphatic carbocycles. The Hall–Kier alpha value is 0.354. The van der Waals surface area contributed by atoms with Gasteiger partial charge < -0.3 is 9.96 Å². The Morgan fingerprint density at radius 1 is 0.857 bits per heavy atom. The third-order valence-corrected chi connectivity index (χ3v) is 7.00. The summed E-state index contributed by atoms with van der Waals surface area (Å²) in [5, 5.41) is 0. The largest absolute Gasteiger partial charge is 0.337 e. The van der Waals surface area contributed by atoms with E-state index in [9.17, 15) is 0 Å². The Morgan fingerprint density at radius 3 is 1.86 bits per heavy atom. The first-order valence-electron chi connectivity index (χ1n) is 8.70. The average molecular weight is 329 g/mol. The van der Waals surface area contributed by atoms with Gasteiger partial charge in [-0.15, -0.1) is 0 Å². The van der Waals surface area contributed by atoms with Crippen molar-refractivity contribution in [2.24, 2.45) is 16.7 Å². The lowest BCUT2D eigenvalue weighted by Gasteiger charge is -2.48. The molecule has 2 atom stereocenters. The lowest BCUT2D eigenvalue weighted by Crippen LogP contribution is -2.51. The van der Waals surface area contributed by atoms with Gasteiger partial charge in [-0.3, -0.25) is 0 Å². The van der Waals surface area contributed by atoms with E-state index in [1.165, 1.54) is 32.4 Å². The Balaban J connectivity index is 2.68. The Morgan fingerprint density at radius 2 is 1.38 bits per heavy atom. The molecule has 0 saturated heterocycles. The molecular formula is C17H40N2Si2. The van der Waals surface area contributed by atoms with Crippen LogP contribution in [0.2, 0.25) is 39.3 Å². The fourth-order valence-electron chi connectivity index (χ4n) is 4.06. The molecule has 126 valence electrons. The highest BCUT2D eigenvalue weighted by Crippen LogP contribution is 2.48. The van der Waals surface area contributed by atoms with Crippen molar-refractivity contribution >= 4 is 16.5 Å². The van der Waals surface area contributed by atoms with Gasteiger partial charge in [0.2, 0.25) is 0 Å². The van der Waals surface area contributed by atoms with E-state index in [0.29, 0.717) is 10.8 Å². The van der Waals surface area contributed by atoms with Gasteiger partial charge in [-0.25, -0.2) is 0 Å². The fraction of sp³-hybridized carbons (Fsp3) is 1.00. The maximum absolute atomic E-state index is 3.89. The summed E-state index contributed by atoms with van der Waals surface area (Å²) in [7, 11) is -2.30. The van der Waals surface area contributed by atoms with Gasteiger partial charge in [-0.1, -0.05) is 60.1 Å². The summed E-state index contributed by atoms with van der Waals surface area (Å²) in [5.41, 5.74) is 0.952. The number of nitrogens with one attached hydrogen (secondary N) is 2. The second kappa shape index (κ2) is 6.46. The standard InChI is InChI=1S/C17H40N2Si2/c1-16(2)10-15(12-18-20(4,5)6)11-17(3,13-16)14-19-21(7,8)9/h15,18-19H,10-14H2,1-9H3. The second-order valence-corrected chi connectivity index (χ2v) is 20.4. The minimum atomic E-state index is -1.16. The Labute approximate surface area is 136 Å². The van der Waals surface area contributed by atoms with Crippen LogP contribution in [0.15, 0.2) is 0 Å². The highest BCUT2D eigenvalue weighted by Gasteiger charge is 2.41. The summed E-state index contributed by atoms with van der Waals surface area (Å²) in [6, 6.07) is 0. The average Bonchev–Trinajstić information content (AvgIpc) is 2.19. The summed E-state index contributed by atoms with van der Waals surface area (Å²) in [5.74, 6) is 0.842. The van der Waals surface area contributed by atoms with E-state index < -0.39 is 16.5 Å². The number of rotatable bonds is 6. The van der Waals surface area contributed by atoms with Crippen LogP contribution in [-0.4, -0.2) is 29.6 Å². The summed E-state index contributed by atoms with van der Waals surface area (Å²) in [6.45, 7) is 24.4. The van der Waals surface area contributed by atoms with Crippen LogP contribution >= 0.6 is 0 Å². The van der Waals surface area contributed by atoms with Gasteiger partial charge in [-0.2, -0.15) is 0 Å². The fourth-order valence-corrected chi connectivity index (χ4v) is 5.92. The van der Waals surface area contributed by atoms with E-state index in [1.807, 2.05) is 0 Å². The van der Waals surface area contributed by atoms with Crippen LogP contribution in [0.5, 0.6) is 0 Å². The van der Waals surface area contributed by atoms with Gasteiger partial charge in [-0.05, 0) is 49.1 Å². The normalized spacial score (nSPS) is 30.4. The lowest BCUT2D eigenvalue weighted by atomic mass is 9.61. The zero-order valence-electron chi connectivity index (χ0n) is 16.1. The zero-order chi connectivity index (χ0) is 16.5. The predicted molar refractivity (Wildman–Crippen MR) is 102 cm³/mol. The molecule has 1 rings (SSSR count). The van der Waals surface area contributed by atoms with Crippen molar-refractivity contribution < 1.29 is 0 Å². The molecule has 0 heterocycles. The van der Waals surface area contributed by atoms with E-state index >= 15 is 0 Å². The Bertz CT molecular complexity index is 342. The van der Waals surface area contributed by atoms with Crippen molar-refractivity contribution in [1.82, 2.24) is 9.96 Å². The van der Waals surface area contributed by atoms with Crippen molar-refractivity contribution in [3.05, 3.63) is 0 Å². The minimum Gasteiger partial charge on any atom is -0.337 e. The number of hydrogen-bond acceptors (Lipinski definition) is 2. The topological polar surface area (TPSA) is 24.1 Å². The molecule has 2 nitrogen and oxygen atoms in total. The molecule has 4 heteroatoms. The van der Waals surface area contributed by atoms with Crippen molar-refractivity contribution in [3.63, 3.8) is 0 Å². The SMILES string of the molecule is CC1(C)CC(CN[Si](C)(C)C)CC(C)(CN[Si](C)(C)C)C1. The van der Waals surface area contributed by atoms with Crippen molar-refractivity contribution in [1.29, 1.82) is 0 Å². The van der Waals surface area contributed by atoms with Gasteiger partial charge in [0.25, 0.3) is 0 Å². The summed E-state index contributed by atoms with van der Waals surface area (Å²) in [4.78, 5) is 7.76. The molecule has 0 aliphatic heterocycles. The maximum Gasteiger partial charge on any atom is 0.116 e. The van der Waals surface area contributed by atoms with Crippen molar-refractivity contribution in [2.45, 2.75) is 79.3 Å². The predicted octanol–water partition coefficient (Wildman–Crippen LogP) is 4.67. The first-order valence-corrected chi connectivity index (χ1v) is 15.7. The number of hydrogen-bond donors (Lipinski definition) is 2. The monoisotopic (exact) mass is 328 g/mol. The molecule has 1 fully saturated rings. The van der Waals surface area contributed by atoms with Crippen LogP contribution in [0.25, 0.3) is 0 Å². The quantitative estimate of drug-likeness (QED) is 0.692. The van der Waals surface area contributed by atoms with Gasteiger partial charge in [0, 0.05) is 0 Å². The minimum absolute atomic E-state index is 0.466. The molecule has 0 aromatic heterocycles. The van der Waals surface area contributed by atoms with Crippen LogP contribution in [0.1, 0.15) is 40.0 Å². The molecule has 0 amide bonds. The first kappa shape index (κ1) is 19.4. The third kappa shape index (κ3) is 7.96. The highest BCUT2D eigenvalue weighted by atomic mass is 28.3. The van der Waals surface area contributed by atoms with Crippen LogP contribution < -0.4 is 9.96 Å². The third-order valence-electron chi connectivity index (χ3n) is 4.49. The van der Waals surface area contributed by atoms with Gasteiger partial charge in [0.15, 0.2) is 0 Å². The van der Waals surface area contributed by atoms with Crippen LogP contribution in [0.4, 0.5) is 0 Å². The first-order chi connectivity index (χ1) is 9.20. The van der Waals surface area contributed by atoms with E-state index in [2.05, 4.69) is 70.0 Å². The summed E-state index contributed by atoms with van der Waals surface area (Å²) >= 11 is 0. The smallest absolute Gasteiger partial charge is 0.116 e. The molecule has 2 N–H and O–H groups in total. The molecule has 1 saturated carbocycles. The van der Waals surface area contributed by atoms with E-state index in [-0.39, 0.29) is 0 Å². The van der Waals surface area contributed by atoms with Gasteiger partial charge >= 0.3 is 0 Å². The summed E-state index contributed by atoms with van der Waals surface area (Å²) in [6.07, 6.45) is 4.12. The molecule has 21 heavy (non-hydrogen) atoms. The van der Waals surface area contributed by atoms with E-state index in [0.717, 1.165) is 5.92 Å². The molecule has 0 aromatic rings. The van der Waals surface area contributed by atoms with Crippen molar-refractivity contribution in [3.8, 4) is 0 Å². The van der Waals surface area contributed by atoms with Crippen LogP contribution in [0, 0.1) is 16.7 Å². The lowest BCUT2D eigenvalue weighted by molar-refractivity contribution is 0.0588. The molecule has 2 unspecified atom stereocenters. The maximum atomic E-state index is 3.89. The molecule has 0 spiro atoms. The van der Waals surface area contributed by atoms with Crippen LogP contribution in [-0.2, 0) is 0 Å². The molecular weight excluding hydrogens is 288 g/mol. The second-order valence-electron chi connectivity index (χ2n) is 10.7. The summed E-state index contributed by atoms with van der Waals surface area (Å²) < 4.78 is 0. The van der Waals surface area contributed by atoms with E-state index in [1.54, 1.807) is 0 Å². The van der Waals surface area contributed by atoms with Crippen molar-refractivity contribution in [2.75, 3.05) is 13.1 Å². The molecule has 0 bridgehead atoms. The molecule has 1 aliphatic rings. The zero-order valence-corrected chi connectivity index (χ0v) is 18.1. The van der Waals surface area contributed by atoms with Crippen LogP contribution in [0.3, 0.4) is 0 Å². The molecule has 0 aromatic carbocycles. The van der Waals surface area contributed by atoms with E-state index in [4.69, 9.17) is 0 Å². The van der Waals surface area contributed by atoms with Gasteiger partial charge in [0.1, 0.15) is 16.5 Å². The molecule has 0 radical (unpaired) electrons. The highest BCUT2D eigenvalue weighted by molar-refractivity contribution is 6.73.